The summed E-state index contributed by atoms with van der Waals surface area (Å²) in [6.07, 6.45) is 1.52. The predicted octanol–water partition coefficient (Wildman–Crippen LogP) is -1.25. The van der Waals surface area contributed by atoms with Crippen molar-refractivity contribution in [2.75, 3.05) is 12.3 Å². The van der Waals surface area contributed by atoms with Crippen molar-refractivity contribution in [2.45, 2.75) is 26.0 Å². The van der Waals surface area contributed by atoms with Crippen LogP contribution in [0.2, 0.25) is 0 Å². The number of carbonyl (C=O) groups excluding carboxylic acids is 1. The third-order valence-corrected chi connectivity index (χ3v) is 1.74. The average Bonchev–Trinajstić information content (AvgIpc) is 2.50. The first-order chi connectivity index (χ1) is 7.08. The van der Waals surface area contributed by atoms with Gasteiger partial charge in [0.2, 0.25) is 11.9 Å². The van der Waals surface area contributed by atoms with Gasteiger partial charge in [-0.3, -0.25) is 4.79 Å². The van der Waals surface area contributed by atoms with E-state index in [-0.39, 0.29) is 18.4 Å². The van der Waals surface area contributed by atoms with Crippen molar-refractivity contribution in [2.24, 2.45) is 0 Å². The Morgan fingerprint density at radius 1 is 1.80 bits per heavy atom. The molecule has 0 bridgehead atoms. The molecule has 1 aromatic heterocycles. The molecule has 1 rings (SSSR count). The van der Waals surface area contributed by atoms with Crippen LogP contribution in [0, 0.1) is 0 Å². The van der Waals surface area contributed by atoms with Gasteiger partial charge in [-0.1, -0.05) is 0 Å². The molecule has 0 aliphatic carbocycles. The lowest BCUT2D eigenvalue weighted by Gasteiger charge is -2.06. The first-order valence-electron chi connectivity index (χ1n) is 4.67. The van der Waals surface area contributed by atoms with Crippen LogP contribution >= 0.6 is 0 Å². The fourth-order valence-corrected chi connectivity index (χ4v) is 1.01. The van der Waals surface area contributed by atoms with E-state index < -0.39 is 6.10 Å². The normalized spacial score (nSPS) is 12.4. The summed E-state index contributed by atoms with van der Waals surface area (Å²) in [5.41, 5.74) is 5.29. The van der Waals surface area contributed by atoms with Gasteiger partial charge in [-0.05, 0) is 13.3 Å². The molecule has 0 aliphatic rings. The topological polar surface area (TPSA) is 106 Å². The smallest absolute Gasteiger partial charge is 0.241 e. The summed E-state index contributed by atoms with van der Waals surface area (Å²) in [6.45, 7) is 2.20. The molecule has 7 nitrogen and oxygen atoms in total. The Morgan fingerprint density at radius 3 is 3.07 bits per heavy atom. The lowest BCUT2D eigenvalue weighted by Crippen LogP contribution is -2.30. The Hall–Kier alpha value is -1.63. The Balaban J connectivity index is 2.24. The highest BCUT2D eigenvalue weighted by Crippen LogP contribution is 1.90. The summed E-state index contributed by atoms with van der Waals surface area (Å²) in [7, 11) is 0. The standard InChI is InChI=1S/C8H15N5O2/c1-6(14)2-3-10-7(15)4-13-5-11-8(9)12-13/h5-6,14H,2-4H2,1H3,(H2,9,12)(H,10,15). The molecule has 15 heavy (non-hydrogen) atoms. The Morgan fingerprint density at radius 2 is 2.53 bits per heavy atom. The van der Waals surface area contributed by atoms with Crippen molar-refractivity contribution in [1.82, 2.24) is 20.1 Å². The SMILES string of the molecule is CC(O)CCNC(=O)Cn1cnc(N)n1. The quantitative estimate of drug-likeness (QED) is 0.566. The zero-order chi connectivity index (χ0) is 11.3. The van der Waals surface area contributed by atoms with Gasteiger partial charge in [0.05, 0.1) is 6.10 Å². The highest BCUT2D eigenvalue weighted by Gasteiger charge is 2.04. The zero-order valence-corrected chi connectivity index (χ0v) is 8.55. The third kappa shape index (κ3) is 4.41. The number of nitrogens with two attached hydrogens (primary N) is 1. The van der Waals surface area contributed by atoms with Crippen molar-refractivity contribution in [3.63, 3.8) is 0 Å². The van der Waals surface area contributed by atoms with E-state index in [1.54, 1.807) is 6.92 Å². The number of aliphatic hydroxyl groups excluding tert-OH is 1. The van der Waals surface area contributed by atoms with E-state index in [4.69, 9.17) is 10.8 Å². The number of hydrogen-bond acceptors (Lipinski definition) is 5. The second-order valence-corrected chi connectivity index (χ2v) is 3.29. The van der Waals surface area contributed by atoms with Gasteiger partial charge in [0.25, 0.3) is 0 Å². The summed E-state index contributed by atoms with van der Waals surface area (Å²) in [5.74, 6) is -0.0349. The molecule has 0 aromatic carbocycles. The van der Waals surface area contributed by atoms with Crippen LogP contribution in [0.5, 0.6) is 0 Å². The van der Waals surface area contributed by atoms with Crippen molar-refractivity contribution in [3.05, 3.63) is 6.33 Å². The van der Waals surface area contributed by atoms with Crippen molar-refractivity contribution >= 4 is 11.9 Å². The minimum atomic E-state index is -0.410. The maximum Gasteiger partial charge on any atom is 0.241 e. The maximum absolute atomic E-state index is 11.3. The lowest BCUT2D eigenvalue weighted by molar-refractivity contribution is -0.121. The van der Waals surface area contributed by atoms with Gasteiger partial charge in [0.1, 0.15) is 12.9 Å². The van der Waals surface area contributed by atoms with Crippen LogP contribution in [0.4, 0.5) is 5.95 Å². The highest BCUT2D eigenvalue weighted by atomic mass is 16.3. The zero-order valence-electron chi connectivity index (χ0n) is 8.55. The molecule has 0 fully saturated rings. The van der Waals surface area contributed by atoms with E-state index in [2.05, 4.69) is 15.4 Å². The molecule has 0 spiro atoms. The van der Waals surface area contributed by atoms with Crippen LogP contribution in [0.15, 0.2) is 6.33 Å². The monoisotopic (exact) mass is 213 g/mol. The van der Waals surface area contributed by atoms with Crippen LogP contribution in [-0.2, 0) is 11.3 Å². The molecule has 0 saturated carbocycles. The van der Waals surface area contributed by atoms with Crippen LogP contribution in [0.3, 0.4) is 0 Å². The summed E-state index contributed by atoms with van der Waals surface area (Å²) >= 11 is 0. The Kier molecular flexibility index (Phi) is 4.04. The van der Waals surface area contributed by atoms with Crippen LogP contribution in [0.1, 0.15) is 13.3 Å². The first-order valence-corrected chi connectivity index (χ1v) is 4.67. The minimum Gasteiger partial charge on any atom is -0.393 e. The van der Waals surface area contributed by atoms with E-state index >= 15 is 0 Å². The third-order valence-electron chi connectivity index (χ3n) is 1.74. The second kappa shape index (κ2) is 5.30. The summed E-state index contributed by atoms with van der Waals surface area (Å²) in [5, 5.41) is 15.4. The highest BCUT2D eigenvalue weighted by molar-refractivity contribution is 5.75. The largest absolute Gasteiger partial charge is 0.393 e. The molecule has 4 N–H and O–H groups in total. The first kappa shape index (κ1) is 11.4. The summed E-state index contributed by atoms with van der Waals surface area (Å²) in [6, 6.07) is 0. The number of carbonyl (C=O) groups is 1. The van der Waals surface area contributed by atoms with E-state index in [1.165, 1.54) is 11.0 Å². The van der Waals surface area contributed by atoms with E-state index in [9.17, 15) is 4.79 Å². The lowest BCUT2D eigenvalue weighted by atomic mass is 10.3. The number of aliphatic hydroxyl groups is 1. The van der Waals surface area contributed by atoms with Gasteiger partial charge < -0.3 is 16.2 Å². The number of rotatable bonds is 5. The van der Waals surface area contributed by atoms with Crippen LogP contribution in [0.25, 0.3) is 0 Å². The van der Waals surface area contributed by atoms with E-state index in [0.717, 1.165) is 0 Å². The average molecular weight is 213 g/mol. The molecule has 84 valence electrons. The van der Waals surface area contributed by atoms with E-state index in [0.29, 0.717) is 13.0 Å². The molecular formula is C8H15N5O2. The molecule has 1 heterocycles. The predicted molar refractivity (Wildman–Crippen MR) is 53.7 cm³/mol. The molecule has 1 amide bonds. The van der Waals surface area contributed by atoms with Crippen molar-refractivity contribution in [3.8, 4) is 0 Å². The van der Waals surface area contributed by atoms with Gasteiger partial charge in [0, 0.05) is 6.54 Å². The van der Waals surface area contributed by atoms with Gasteiger partial charge >= 0.3 is 0 Å². The fraction of sp³-hybridized carbons (Fsp3) is 0.625. The summed E-state index contributed by atoms with van der Waals surface area (Å²) in [4.78, 5) is 15.0. The van der Waals surface area contributed by atoms with Gasteiger partial charge in [-0.25, -0.2) is 9.67 Å². The number of nitrogen functional groups attached to an aromatic ring is 1. The molecule has 1 atom stereocenters. The fourth-order valence-electron chi connectivity index (χ4n) is 1.01. The van der Waals surface area contributed by atoms with Gasteiger partial charge in [-0.2, -0.15) is 0 Å². The molecule has 7 heteroatoms. The number of anilines is 1. The van der Waals surface area contributed by atoms with Crippen molar-refractivity contribution in [1.29, 1.82) is 0 Å². The number of hydrogen-bond donors (Lipinski definition) is 3. The molecule has 0 saturated heterocycles. The number of nitrogens with zero attached hydrogens (tertiary/aromatic N) is 3. The Labute approximate surface area is 87.3 Å². The van der Waals surface area contributed by atoms with E-state index in [1.807, 2.05) is 0 Å². The number of nitrogens with one attached hydrogen (secondary N) is 1. The number of amides is 1. The molecular weight excluding hydrogens is 198 g/mol. The van der Waals surface area contributed by atoms with Crippen LogP contribution in [-0.4, -0.2) is 38.4 Å². The molecule has 0 aliphatic heterocycles. The van der Waals surface area contributed by atoms with Crippen LogP contribution < -0.4 is 11.1 Å². The number of aromatic nitrogens is 3. The van der Waals surface area contributed by atoms with Crippen molar-refractivity contribution < 1.29 is 9.90 Å². The summed E-state index contributed by atoms with van der Waals surface area (Å²) < 4.78 is 1.35. The maximum atomic E-state index is 11.3. The van der Waals surface area contributed by atoms with Gasteiger partial charge in [0.15, 0.2) is 0 Å². The molecule has 0 radical (unpaired) electrons. The van der Waals surface area contributed by atoms with Gasteiger partial charge in [-0.15, -0.1) is 5.10 Å². The molecule has 1 unspecified atom stereocenters. The Bertz CT molecular complexity index is 323. The second-order valence-electron chi connectivity index (χ2n) is 3.29. The molecule has 1 aromatic rings. The minimum absolute atomic E-state index is 0.0873.